The minimum absolute atomic E-state index is 0.232. The highest BCUT2D eigenvalue weighted by molar-refractivity contribution is 5.90. The van der Waals surface area contributed by atoms with E-state index in [0.717, 1.165) is 35.4 Å². The standard InChI is InChI=1S/C26H23N3O/c1-18(2)29-24-13-12-20(17-30)14-22(24)27-26(29)25-15-21-10-6-7-11-23(21)28(25)16-19-8-4-3-5-9-19/h3-15,17-18H,16H2,1-2H3. The molecule has 0 aliphatic heterocycles. The first-order valence-electron chi connectivity index (χ1n) is 10.3. The highest BCUT2D eigenvalue weighted by Crippen LogP contribution is 2.33. The minimum Gasteiger partial charge on any atom is -0.333 e. The smallest absolute Gasteiger partial charge is 0.158 e. The Morgan fingerprint density at radius 3 is 2.43 bits per heavy atom. The van der Waals surface area contributed by atoms with E-state index in [2.05, 4.69) is 77.6 Å². The Kier molecular flexibility index (Phi) is 4.47. The van der Waals surface area contributed by atoms with Gasteiger partial charge in [0.2, 0.25) is 0 Å². The maximum absolute atomic E-state index is 11.3. The van der Waals surface area contributed by atoms with Crippen molar-refractivity contribution in [2.24, 2.45) is 0 Å². The number of rotatable bonds is 5. The first-order valence-corrected chi connectivity index (χ1v) is 10.3. The third-order valence-corrected chi connectivity index (χ3v) is 5.59. The molecule has 0 saturated carbocycles. The Labute approximate surface area is 175 Å². The van der Waals surface area contributed by atoms with Gasteiger partial charge in [-0.3, -0.25) is 4.79 Å². The summed E-state index contributed by atoms with van der Waals surface area (Å²) in [6.07, 6.45) is 0.875. The Hall–Kier alpha value is -3.66. The molecule has 0 atom stereocenters. The van der Waals surface area contributed by atoms with Gasteiger partial charge in [-0.15, -0.1) is 0 Å². The molecule has 2 heterocycles. The summed E-state index contributed by atoms with van der Waals surface area (Å²) in [5.41, 5.74) is 6.05. The Balaban J connectivity index is 1.79. The molecule has 148 valence electrons. The second-order valence-corrected chi connectivity index (χ2v) is 7.93. The molecule has 3 aromatic carbocycles. The van der Waals surface area contributed by atoms with Crippen molar-refractivity contribution < 1.29 is 4.79 Å². The molecule has 0 aliphatic carbocycles. The zero-order valence-electron chi connectivity index (χ0n) is 17.1. The SMILES string of the molecule is CC(C)n1c(-c2cc3ccccc3n2Cc2ccccc2)nc2cc(C=O)ccc21. The van der Waals surface area contributed by atoms with Crippen molar-refractivity contribution in [2.75, 3.05) is 0 Å². The number of hydrogen-bond acceptors (Lipinski definition) is 2. The largest absolute Gasteiger partial charge is 0.333 e. The first-order chi connectivity index (χ1) is 14.7. The van der Waals surface area contributed by atoms with Gasteiger partial charge in [0.15, 0.2) is 5.82 Å². The van der Waals surface area contributed by atoms with Crippen LogP contribution in [0.3, 0.4) is 0 Å². The maximum Gasteiger partial charge on any atom is 0.158 e. The number of fused-ring (bicyclic) bond motifs is 2. The van der Waals surface area contributed by atoms with Crippen molar-refractivity contribution in [3.63, 3.8) is 0 Å². The molecule has 5 rings (SSSR count). The van der Waals surface area contributed by atoms with Gasteiger partial charge in [-0.25, -0.2) is 4.98 Å². The van der Waals surface area contributed by atoms with Gasteiger partial charge >= 0.3 is 0 Å². The highest BCUT2D eigenvalue weighted by Gasteiger charge is 2.20. The quantitative estimate of drug-likeness (QED) is 0.339. The van der Waals surface area contributed by atoms with Crippen molar-refractivity contribution >= 4 is 28.2 Å². The Morgan fingerprint density at radius 1 is 0.900 bits per heavy atom. The molecule has 0 fully saturated rings. The van der Waals surface area contributed by atoms with E-state index in [-0.39, 0.29) is 6.04 Å². The van der Waals surface area contributed by atoms with Gasteiger partial charge in [0, 0.05) is 29.1 Å². The van der Waals surface area contributed by atoms with Crippen LogP contribution in [0.2, 0.25) is 0 Å². The average molecular weight is 393 g/mol. The van der Waals surface area contributed by atoms with E-state index in [4.69, 9.17) is 4.98 Å². The summed E-state index contributed by atoms with van der Waals surface area (Å²) in [6, 6.07) is 27.1. The van der Waals surface area contributed by atoms with Crippen molar-refractivity contribution in [3.05, 3.63) is 90.0 Å². The number of imidazole rings is 1. The number of hydrogen-bond donors (Lipinski definition) is 0. The Morgan fingerprint density at radius 2 is 1.67 bits per heavy atom. The van der Waals surface area contributed by atoms with Crippen molar-refractivity contribution in [1.29, 1.82) is 0 Å². The van der Waals surface area contributed by atoms with Crippen molar-refractivity contribution in [2.45, 2.75) is 26.4 Å². The third kappa shape index (κ3) is 3.01. The molecule has 0 aliphatic rings. The maximum atomic E-state index is 11.3. The van der Waals surface area contributed by atoms with Crippen LogP contribution in [0.4, 0.5) is 0 Å². The van der Waals surface area contributed by atoms with E-state index < -0.39 is 0 Å². The number of carbonyl (C=O) groups excluding carboxylic acids is 1. The molecular weight excluding hydrogens is 370 g/mol. The number of nitrogens with zero attached hydrogens (tertiary/aromatic N) is 3. The molecule has 0 bridgehead atoms. The van der Waals surface area contributed by atoms with Crippen LogP contribution in [0.15, 0.2) is 78.9 Å². The lowest BCUT2D eigenvalue weighted by atomic mass is 10.2. The fourth-order valence-corrected chi connectivity index (χ4v) is 4.22. The Bertz CT molecular complexity index is 1360. The fourth-order valence-electron chi connectivity index (χ4n) is 4.22. The first kappa shape index (κ1) is 18.4. The zero-order valence-corrected chi connectivity index (χ0v) is 17.1. The predicted molar refractivity (Wildman–Crippen MR) is 122 cm³/mol. The predicted octanol–water partition coefficient (Wildman–Crippen LogP) is 6.10. The van der Waals surface area contributed by atoms with Gasteiger partial charge in [0.05, 0.1) is 16.7 Å². The lowest BCUT2D eigenvalue weighted by molar-refractivity contribution is 0.112. The average Bonchev–Trinajstić information content (AvgIpc) is 3.32. The van der Waals surface area contributed by atoms with Crippen LogP contribution < -0.4 is 0 Å². The molecule has 2 aromatic heterocycles. The molecule has 30 heavy (non-hydrogen) atoms. The number of aromatic nitrogens is 3. The summed E-state index contributed by atoms with van der Waals surface area (Å²) in [5, 5.41) is 1.19. The molecule has 4 heteroatoms. The molecular formula is C26H23N3O. The molecule has 4 nitrogen and oxygen atoms in total. The van der Waals surface area contributed by atoms with Crippen LogP contribution >= 0.6 is 0 Å². The summed E-state index contributed by atoms with van der Waals surface area (Å²) >= 11 is 0. The summed E-state index contributed by atoms with van der Waals surface area (Å²) in [4.78, 5) is 16.3. The third-order valence-electron chi connectivity index (χ3n) is 5.59. The second kappa shape index (κ2) is 7.30. The van der Waals surface area contributed by atoms with Crippen LogP contribution in [0.25, 0.3) is 33.5 Å². The lowest BCUT2D eigenvalue weighted by Crippen LogP contribution is -2.08. The van der Waals surface area contributed by atoms with Crippen molar-refractivity contribution in [3.8, 4) is 11.5 Å². The van der Waals surface area contributed by atoms with Crippen LogP contribution in [0, 0.1) is 0 Å². The molecule has 5 aromatic rings. The molecule has 0 amide bonds. The van der Waals surface area contributed by atoms with Gasteiger partial charge in [-0.1, -0.05) is 48.5 Å². The summed E-state index contributed by atoms with van der Waals surface area (Å²) in [7, 11) is 0. The number of para-hydroxylation sites is 1. The lowest BCUT2D eigenvalue weighted by Gasteiger charge is -2.16. The van der Waals surface area contributed by atoms with Gasteiger partial charge in [0.1, 0.15) is 6.29 Å². The fraction of sp³-hybridized carbons (Fsp3) is 0.154. The van der Waals surface area contributed by atoms with Gasteiger partial charge in [0.25, 0.3) is 0 Å². The zero-order chi connectivity index (χ0) is 20.7. The molecule has 0 saturated heterocycles. The number of benzene rings is 3. The normalized spacial score (nSPS) is 11.6. The van der Waals surface area contributed by atoms with E-state index >= 15 is 0 Å². The topological polar surface area (TPSA) is 39.8 Å². The summed E-state index contributed by atoms with van der Waals surface area (Å²) in [5.74, 6) is 0.926. The number of carbonyl (C=O) groups is 1. The molecule has 0 spiro atoms. The monoisotopic (exact) mass is 393 g/mol. The van der Waals surface area contributed by atoms with Crippen LogP contribution in [0.5, 0.6) is 0 Å². The van der Waals surface area contributed by atoms with Gasteiger partial charge < -0.3 is 9.13 Å². The van der Waals surface area contributed by atoms with E-state index in [1.807, 2.05) is 24.3 Å². The van der Waals surface area contributed by atoms with E-state index in [1.165, 1.54) is 16.5 Å². The molecule has 0 unspecified atom stereocenters. The van der Waals surface area contributed by atoms with Crippen LogP contribution in [-0.4, -0.2) is 20.4 Å². The van der Waals surface area contributed by atoms with E-state index in [0.29, 0.717) is 5.56 Å². The van der Waals surface area contributed by atoms with Gasteiger partial charge in [-0.2, -0.15) is 0 Å². The summed E-state index contributed by atoms with van der Waals surface area (Å²) < 4.78 is 4.60. The van der Waals surface area contributed by atoms with Gasteiger partial charge in [-0.05, 0) is 49.7 Å². The summed E-state index contributed by atoms with van der Waals surface area (Å²) in [6.45, 7) is 5.11. The number of aldehydes is 1. The highest BCUT2D eigenvalue weighted by atomic mass is 16.1. The molecule has 0 radical (unpaired) electrons. The second-order valence-electron chi connectivity index (χ2n) is 7.93. The van der Waals surface area contributed by atoms with Crippen LogP contribution in [-0.2, 0) is 6.54 Å². The molecule has 0 N–H and O–H groups in total. The minimum atomic E-state index is 0.232. The van der Waals surface area contributed by atoms with Crippen LogP contribution in [0.1, 0.15) is 35.8 Å². The van der Waals surface area contributed by atoms with E-state index in [1.54, 1.807) is 0 Å². The van der Waals surface area contributed by atoms with Crippen molar-refractivity contribution in [1.82, 2.24) is 14.1 Å². The van der Waals surface area contributed by atoms with E-state index in [9.17, 15) is 4.79 Å².